The first-order valence-electron chi connectivity index (χ1n) is 9.17. The van der Waals surface area contributed by atoms with Crippen LogP contribution >= 0.6 is 0 Å². The summed E-state index contributed by atoms with van der Waals surface area (Å²) < 4.78 is 4.19. The summed E-state index contributed by atoms with van der Waals surface area (Å²) in [5, 5.41) is 8.54. The van der Waals surface area contributed by atoms with Crippen molar-refractivity contribution < 1.29 is 0 Å². The highest BCUT2D eigenvalue weighted by Crippen LogP contribution is 2.27. The van der Waals surface area contributed by atoms with Crippen molar-refractivity contribution in [3.05, 3.63) is 48.5 Å². The van der Waals surface area contributed by atoms with Crippen LogP contribution in [0.2, 0.25) is 0 Å². The summed E-state index contributed by atoms with van der Waals surface area (Å²) in [5.74, 6) is 1.24. The van der Waals surface area contributed by atoms with Crippen LogP contribution < -0.4 is 5.43 Å². The number of benzene rings is 2. The molecule has 0 aliphatic heterocycles. The van der Waals surface area contributed by atoms with Crippen molar-refractivity contribution in [2.24, 2.45) is 10.3 Å². The lowest BCUT2D eigenvalue weighted by atomic mass is 10.3. The Morgan fingerprint density at radius 1 is 0.778 bits per heavy atom. The second-order valence-corrected chi connectivity index (χ2v) is 7.06. The number of imidazole rings is 2. The van der Waals surface area contributed by atoms with Crippen LogP contribution in [0.1, 0.15) is 39.8 Å². The summed E-state index contributed by atoms with van der Waals surface area (Å²) >= 11 is 0. The van der Waals surface area contributed by atoms with Crippen molar-refractivity contribution >= 4 is 34.0 Å². The fraction of sp³-hybridized carbons (Fsp3) is 0.300. The largest absolute Gasteiger partial charge is 0.306 e. The first-order valence-corrected chi connectivity index (χ1v) is 9.17. The maximum absolute atomic E-state index is 4.64. The smallest absolute Gasteiger partial charge is 0.252 e. The summed E-state index contributed by atoms with van der Waals surface area (Å²) in [4.78, 5) is 9.24. The van der Waals surface area contributed by atoms with Gasteiger partial charge in [0.2, 0.25) is 5.95 Å². The Morgan fingerprint density at radius 2 is 1.33 bits per heavy atom. The molecule has 0 aliphatic rings. The fourth-order valence-corrected chi connectivity index (χ4v) is 3.37. The number of hydrogen-bond donors (Lipinski definition) is 1. The second kappa shape index (κ2) is 6.83. The van der Waals surface area contributed by atoms with E-state index in [1.807, 2.05) is 42.5 Å². The Bertz CT molecular complexity index is 1120. The maximum Gasteiger partial charge on any atom is 0.252 e. The molecule has 27 heavy (non-hydrogen) atoms. The number of nitrogens with zero attached hydrogens (tertiary/aromatic N) is 6. The predicted octanol–water partition coefficient (Wildman–Crippen LogP) is 5.66. The average Bonchev–Trinajstić information content (AvgIpc) is 3.19. The van der Waals surface area contributed by atoms with Crippen molar-refractivity contribution in [3.8, 4) is 0 Å². The third-order valence-corrected chi connectivity index (χ3v) is 4.50. The zero-order valence-corrected chi connectivity index (χ0v) is 16.0. The molecule has 0 saturated carbocycles. The summed E-state index contributed by atoms with van der Waals surface area (Å²) in [6.45, 7) is 8.46. The molecule has 4 aromatic rings. The first kappa shape index (κ1) is 17.2. The topological polar surface area (TPSA) is 72.4 Å². The number of anilines is 1. The molecule has 0 atom stereocenters. The molecule has 0 radical (unpaired) electrons. The van der Waals surface area contributed by atoms with Crippen LogP contribution in [0.4, 0.5) is 11.9 Å². The van der Waals surface area contributed by atoms with Gasteiger partial charge in [-0.05, 0) is 52.0 Å². The van der Waals surface area contributed by atoms with Gasteiger partial charge in [0.15, 0.2) is 0 Å². The van der Waals surface area contributed by atoms with Gasteiger partial charge in [-0.25, -0.2) is 15.4 Å². The number of para-hydroxylation sites is 4. The van der Waals surface area contributed by atoms with E-state index in [4.69, 9.17) is 0 Å². The standard InChI is InChI=1S/C20H23N7/c1-13(2)26-17-11-7-5-9-15(17)21-19(26)23-25-24-20-22-16-10-6-8-12-18(16)27(20)14(3)4/h5-14H,1-4H3,(H,21,22,23,24). The monoisotopic (exact) mass is 361 g/mol. The number of hydrogen-bond acceptors (Lipinski definition) is 4. The highest BCUT2D eigenvalue weighted by atomic mass is 15.5. The minimum atomic E-state index is 0.228. The van der Waals surface area contributed by atoms with Crippen molar-refractivity contribution in [2.75, 3.05) is 5.43 Å². The minimum Gasteiger partial charge on any atom is -0.306 e. The molecular formula is C20H23N7. The lowest BCUT2D eigenvalue weighted by molar-refractivity contribution is 0.615. The first-order chi connectivity index (χ1) is 13.1. The zero-order valence-electron chi connectivity index (χ0n) is 16.0. The molecule has 7 nitrogen and oxygen atoms in total. The normalized spacial score (nSPS) is 12.2. The second-order valence-electron chi connectivity index (χ2n) is 7.06. The van der Waals surface area contributed by atoms with E-state index in [-0.39, 0.29) is 12.1 Å². The summed E-state index contributed by atoms with van der Waals surface area (Å²) in [5.41, 5.74) is 6.96. The van der Waals surface area contributed by atoms with Gasteiger partial charge in [-0.3, -0.25) is 0 Å². The van der Waals surface area contributed by atoms with Crippen LogP contribution in [0.15, 0.2) is 58.9 Å². The molecule has 2 heterocycles. The Balaban J connectivity index is 1.69. The predicted molar refractivity (Wildman–Crippen MR) is 108 cm³/mol. The van der Waals surface area contributed by atoms with E-state index in [1.165, 1.54) is 0 Å². The van der Waals surface area contributed by atoms with Crippen molar-refractivity contribution in [2.45, 2.75) is 39.8 Å². The Kier molecular flexibility index (Phi) is 4.35. The highest BCUT2D eigenvalue weighted by molar-refractivity contribution is 5.79. The zero-order chi connectivity index (χ0) is 19.0. The van der Waals surface area contributed by atoms with Crippen LogP contribution in [-0.4, -0.2) is 19.1 Å². The molecule has 0 fully saturated rings. The molecule has 4 rings (SSSR count). The molecule has 2 aromatic heterocycles. The van der Waals surface area contributed by atoms with E-state index in [2.05, 4.69) is 68.6 Å². The van der Waals surface area contributed by atoms with Gasteiger partial charge in [-0.2, -0.15) is 0 Å². The van der Waals surface area contributed by atoms with Gasteiger partial charge < -0.3 is 9.13 Å². The number of rotatable bonds is 5. The Hall–Kier alpha value is -3.22. The van der Waals surface area contributed by atoms with Crippen LogP contribution in [0.5, 0.6) is 0 Å². The molecule has 0 bridgehead atoms. The average molecular weight is 361 g/mol. The van der Waals surface area contributed by atoms with Crippen LogP contribution in [0.3, 0.4) is 0 Å². The fourth-order valence-electron chi connectivity index (χ4n) is 3.37. The molecule has 7 heteroatoms. The van der Waals surface area contributed by atoms with Gasteiger partial charge in [0.05, 0.1) is 22.1 Å². The summed E-state index contributed by atoms with van der Waals surface area (Å²) in [6.07, 6.45) is 0. The number of nitrogens with one attached hydrogen (secondary N) is 1. The molecule has 1 N–H and O–H groups in total. The van der Waals surface area contributed by atoms with Gasteiger partial charge >= 0.3 is 0 Å². The lowest BCUT2D eigenvalue weighted by Crippen LogP contribution is -2.05. The van der Waals surface area contributed by atoms with E-state index in [0.29, 0.717) is 11.9 Å². The van der Waals surface area contributed by atoms with E-state index in [9.17, 15) is 0 Å². The van der Waals surface area contributed by atoms with E-state index in [0.717, 1.165) is 22.1 Å². The van der Waals surface area contributed by atoms with Crippen LogP contribution in [0.25, 0.3) is 22.1 Å². The van der Waals surface area contributed by atoms with E-state index in [1.54, 1.807) is 0 Å². The third kappa shape index (κ3) is 3.05. The molecule has 0 unspecified atom stereocenters. The Labute approximate surface area is 157 Å². The molecule has 0 amide bonds. The molecule has 2 aromatic carbocycles. The van der Waals surface area contributed by atoms with Gasteiger partial charge in [-0.15, -0.1) is 0 Å². The van der Waals surface area contributed by atoms with E-state index < -0.39 is 0 Å². The third-order valence-electron chi connectivity index (χ3n) is 4.50. The maximum atomic E-state index is 4.64. The van der Waals surface area contributed by atoms with Gasteiger partial charge in [0.25, 0.3) is 5.95 Å². The number of aromatic nitrogens is 4. The lowest BCUT2D eigenvalue weighted by Gasteiger charge is -2.12. The molecule has 138 valence electrons. The number of fused-ring (bicyclic) bond motifs is 2. The van der Waals surface area contributed by atoms with E-state index >= 15 is 0 Å². The molecular weight excluding hydrogens is 338 g/mol. The van der Waals surface area contributed by atoms with Crippen molar-refractivity contribution in [3.63, 3.8) is 0 Å². The van der Waals surface area contributed by atoms with Crippen LogP contribution in [-0.2, 0) is 0 Å². The molecule has 0 saturated heterocycles. The summed E-state index contributed by atoms with van der Waals surface area (Å²) in [7, 11) is 0. The van der Waals surface area contributed by atoms with Gasteiger partial charge in [0.1, 0.15) is 0 Å². The van der Waals surface area contributed by atoms with Crippen LogP contribution in [0, 0.1) is 0 Å². The van der Waals surface area contributed by atoms with Gasteiger partial charge in [-0.1, -0.05) is 34.6 Å². The Morgan fingerprint density at radius 3 is 1.96 bits per heavy atom. The summed E-state index contributed by atoms with van der Waals surface area (Å²) in [6, 6.07) is 16.5. The van der Waals surface area contributed by atoms with Gasteiger partial charge in [0, 0.05) is 12.1 Å². The molecule has 0 spiro atoms. The van der Waals surface area contributed by atoms with Crippen molar-refractivity contribution in [1.29, 1.82) is 0 Å². The highest BCUT2D eigenvalue weighted by Gasteiger charge is 2.14. The molecule has 0 aliphatic carbocycles. The quantitative estimate of drug-likeness (QED) is 0.368. The minimum absolute atomic E-state index is 0.228. The SMILES string of the molecule is CC(C)n1c(/N=N\Nc2nc3ccccc3n2C(C)C)nc2ccccc21. The van der Waals surface area contributed by atoms with Crippen molar-refractivity contribution in [1.82, 2.24) is 19.1 Å².